The van der Waals surface area contributed by atoms with Gasteiger partial charge in [-0.2, -0.15) is 5.26 Å². The minimum absolute atomic E-state index is 0.157. The SMILES string of the molecule is CC(=O)Nc1cccc(SC(C(=O)Nc2scc(-c3ccc(C)cc3)c2C#N)c2ccccc2)c1. The van der Waals surface area contributed by atoms with Crippen molar-refractivity contribution in [3.05, 3.63) is 101 Å². The molecule has 1 heterocycles. The standard InChI is InChI=1S/C28H23N3O2S2/c1-18-11-13-20(14-12-18)25-17-34-28(24(25)16-29)31-27(33)26(21-7-4-3-5-8-21)35-23-10-6-9-22(15-23)30-19(2)32/h3-15,17,26H,1-2H3,(H,30,32)(H,31,33). The molecule has 35 heavy (non-hydrogen) atoms. The van der Waals surface area contributed by atoms with E-state index in [4.69, 9.17) is 0 Å². The molecular weight excluding hydrogens is 474 g/mol. The molecule has 0 radical (unpaired) electrons. The lowest BCUT2D eigenvalue weighted by Gasteiger charge is -2.17. The third-order valence-corrected chi connectivity index (χ3v) is 7.39. The summed E-state index contributed by atoms with van der Waals surface area (Å²) < 4.78 is 0. The fourth-order valence-corrected chi connectivity index (χ4v) is 5.58. The van der Waals surface area contributed by atoms with Gasteiger partial charge in [0.25, 0.3) is 0 Å². The number of carbonyl (C=O) groups is 2. The topological polar surface area (TPSA) is 82.0 Å². The number of hydrogen-bond donors (Lipinski definition) is 2. The molecule has 174 valence electrons. The van der Waals surface area contributed by atoms with Crippen LogP contribution in [0, 0.1) is 18.3 Å². The van der Waals surface area contributed by atoms with Gasteiger partial charge in [0.05, 0.1) is 5.56 Å². The van der Waals surface area contributed by atoms with E-state index in [1.165, 1.54) is 30.0 Å². The van der Waals surface area contributed by atoms with E-state index in [9.17, 15) is 14.9 Å². The van der Waals surface area contributed by atoms with E-state index in [-0.39, 0.29) is 11.8 Å². The lowest BCUT2D eigenvalue weighted by Crippen LogP contribution is -2.19. The fourth-order valence-electron chi connectivity index (χ4n) is 3.57. The molecule has 3 aromatic carbocycles. The number of thioether (sulfide) groups is 1. The van der Waals surface area contributed by atoms with Crippen LogP contribution in [-0.2, 0) is 9.59 Å². The molecule has 2 N–H and O–H groups in total. The molecule has 0 spiro atoms. The zero-order chi connectivity index (χ0) is 24.8. The predicted octanol–water partition coefficient (Wildman–Crippen LogP) is 7.03. The Bertz CT molecular complexity index is 1390. The van der Waals surface area contributed by atoms with Crippen molar-refractivity contribution < 1.29 is 9.59 Å². The van der Waals surface area contributed by atoms with Gasteiger partial charge in [-0.1, -0.05) is 66.2 Å². The Balaban J connectivity index is 1.62. The van der Waals surface area contributed by atoms with Gasteiger partial charge >= 0.3 is 0 Å². The number of thiophene rings is 1. The number of carbonyl (C=O) groups excluding carboxylic acids is 2. The Kier molecular flexibility index (Phi) is 7.66. The van der Waals surface area contributed by atoms with Gasteiger partial charge in [-0.05, 0) is 36.2 Å². The summed E-state index contributed by atoms with van der Waals surface area (Å²) in [6.45, 7) is 3.47. The average molecular weight is 498 g/mol. The van der Waals surface area contributed by atoms with Gasteiger partial charge in [0.2, 0.25) is 11.8 Å². The van der Waals surface area contributed by atoms with Gasteiger partial charge in [0.1, 0.15) is 16.3 Å². The second kappa shape index (κ2) is 11.0. The number of nitrogens with one attached hydrogen (secondary N) is 2. The van der Waals surface area contributed by atoms with Crippen molar-refractivity contribution in [2.45, 2.75) is 24.0 Å². The summed E-state index contributed by atoms with van der Waals surface area (Å²) >= 11 is 2.73. The van der Waals surface area contributed by atoms with Crippen molar-refractivity contribution in [2.75, 3.05) is 10.6 Å². The van der Waals surface area contributed by atoms with Crippen LogP contribution < -0.4 is 10.6 Å². The first-order valence-corrected chi connectivity index (χ1v) is 12.7. The number of nitrogens with zero attached hydrogens (tertiary/aromatic N) is 1. The van der Waals surface area contributed by atoms with Gasteiger partial charge in [-0.25, -0.2) is 0 Å². The van der Waals surface area contributed by atoms with E-state index in [0.29, 0.717) is 16.3 Å². The summed E-state index contributed by atoms with van der Waals surface area (Å²) in [4.78, 5) is 25.8. The van der Waals surface area contributed by atoms with Gasteiger partial charge in [-0.3, -0.25) is 9.59 Å². The highest BCUT2D eigenvalue weighted by atomic mass is 32.2. The summed E-state index contributed by atoms with van der Waals surface area (Å²) in [5.74, 6) is -0.379. The van der Waals surface area contributed by atoms with E-state index >= 15 is 0 Å². The summed E-state index contributed by atoms with van der Waals surface area (Å²) in [5.41, 5.74) is 4.85. The number of aryl methyl sites for hydroxylation is 1. The first-order valence-electron chi connectivity index (χ1n) is 10.9. The van der Waals surface area contributed by atoms with E-state index < -0.39 is 5.25 Å². The van der Waals surface area contributed by atoms with Gasteiger partial charge in [0, 0.05) is 28.5 Å². The van der Waals surface area contributed by atoms with E-state index in [1.807, 2.05) is 85.1 Å². The highest BCUT2D eigenvalue weighted by molar-refractivity contribution is 8.00. The molecule has 1 aromatic heterocycles. The Hall–Kier alpha value is -3.86. The van der Waals surface area contributed by atoms with Crippen molar-refractivity contribution in [3.63, 3.8) is 0 Å². The minimum Gasteiger partial charge on any atom is -0.326 e. The van der Waals surface area contributed by atoms with E-state index in [1.54, 1.807) is 6.07 Å². The monoisotopic (exact) mass is 497 g/mol. The van der Waals surface area contributed by atoms with E-state index in [0.717, 1.165) is 27.1 Å². The highest BCUT2D eigenvalue weighted by Crippen LogP contribution is 2.40. The maximum Gasteiger partial charge on any atom is 0.243 e. The molecule has 1 atom stereocenters. The highest BCUT2D eigenvalue weighted by Gasteiger charge is 2.24. The third kappa shape index (κ3) is 5.99. The maximum atomic E-state index is 13.5. The quantitative estimate of drug-likeness (QED) is 0.269. The average Bonchev–Trinajstić information content (AvgIpc) is 3.25. The molecule has 0 bridgehead atoms. The van der Waals surface area contributed by atoms with Crippen LogP contribution in [0.2, 0.25) is 0 Å². The summed E-state index contributed by atoms with van der Waals surface area (Å²) in [5, 5.41) is 17.5. The Labute approximate surface area is 212 Å². The Morgan fingerprint density at radius 1 is 0.971 bits per heavy atom. The van der Waals surface area contributed by atoms with Crippen LogP contribution in [0.3, 0.4) is 0 Å². The number of hydrogen-bond acceptors (Lipinski definition) is 5. The molecule has 4 rings (SSSR count). The predicted molar refractivity (Wildman–Crippen MR) is 144 cm³/mol. The van der Waals surface area contributed by atoms with Crippen LogP contribution in [0.25, 0.3) is 11.1 Å². The molecule has 5 nitrogen and oxygen atoms in total. The second-order valence-corrected chi connectivity index (χ2v) is 10.00. The van der Waals surface area contributed by atoms with Gasteiger partial charge < -0.3 is 10.6 Å². The lowest BCUT2D eigenvalue weighted by atomic mass is 10.0. The number of rotatable bonds is 7. The van der Waals surface area contributed by atoms with Crippen LogP contribution in [0.4, 0.5) is 10.7 Å². The molecule has 0 aliphatic rings. The van der Waals surface area contributed by atoms with Gasteiger partial charge in [0.15, 0.2) is 0 Å². The van der Waals surface area contributed by atoms with E-state index in [2.05, 4.69) is 16.7 Å². The molecule has 0 saturated heterocycles. The number of anilines is 2. The second-order valence-electron chi connectivity index (χ2n) is 7.94. The lowest BCUT2D eigenvalue weighted by molar-refractivity contribution is -0.116. The molecule has 7 heteroatoms. The summed E-state index contributed by atoms with van der Waals surface area (Å²) in [6.07, 6.45) is 0. The minimum atomic E-state index is -0.555. The molecule has 0 aliphatic carbocycles. The molecular formula is C28H23N3O2S2. The first kappa shape index (κ1) is 24.3. The Morgan fingerprint density at radius 3 is 2.40 bits per heavy atom. The zero-order valence-electron chi connectivity index (χ0n) is 19.2. The molecule has 4 aromatic rings. The van der Waals surface area contributed by atoms with Crippen LogP contribution in [0.5, 0.6) is 0 Å². The molecule has 0 saturated carbocycles. The van der Waals surface area contributed by atoms with Crippen molar-refractivity contribution in [3.8, 4) is 17.2 Å². The third-order valence-electron chi connectivity index (χ3n) is 5.25. The smallest absolute Gasteiger partial charge is 0.243 e. The largest absolute Gasteiger partial charge is 0.326 e. The first-order chi connectivity index (χ1) is 16.9. The van der Waals surface area contributed by atoms with Crippen molar-refractivity contribution in [1.29, 1.82) is 5.26 Å². The summed E-state index contributed by atoms with van der Waals surface area (Å²) in [7, 11) is 0. The number of benzene rings is 3. The van der Waals surface area contributed by atoms with Crippen molar-refractivity contribution >= 4 is 45.6 Å². The normalized spacial score (nSPS) is 11.3. The van der Waals surface area contributed by atoms with Crippen LogP contribution in [-0.4, -0.2) is 11.8 Å². The Morgan fingerprint density at radius 2 is 1.71 bits per heavy atom. The molecule has 2 amide bonds. The molecule has 0 aliphatic heterocycles. The molecule has 1 unspecified atom stereocenters. The van der Waals surface area contributed by atoms with Crippen LogP contribution in [0.15, 0.2) is 89.1 Å². The van der Waals surface area contributed by atoms with Crippen LogP contribution >= 0.6 is 23.1 Å². The maximum absolute atomic E-state index is 13.5. The summed E-state index contributed by atoms with van der Waals surface area (Å²) in [6, 6.07) is 27.1. The fraction of sp³-hybridized carbons (Fsp3) is 0.107. The number of nitriles is 1. The van der Waals surface area contributed by atoms with Crippen molar-refractivity contribution in [1.82, 2.24) is 0 Å². The van der Waals surface area contributed by atoms with Gasteiger partial charge in [-0.15, -0.1) is 23.1 Å². The zero-order valence-corrected chi connectivity index (χ0v) is 20.9. The van der Waals surface area contributed by atoms with Crippen molar-refractivity contribution in [2.24, 2.45) is 0 Å². The van der Waals surface area contributed by atoms with Crippen LogP contribution in [0.1, 0.15) is 28.9 Å². The number of amides is 2. The molecule has 0 fully saturated rings.